The van der Waals surface area contributed by atoms with Crippen molar-refractivity contribution in [3.05, 3.63) is 22.9 Å². The highest BCUT2D eigenvalue weighted by Crippen LogP contribution is 2.48. The molecule has 0 bridgehead atoms. The molecule has 2 amide bonds. The minimum atomic E-state index is -0.0666. The first kappa shape index (κ1) is 9.03. The topological polar surface area (TPSA) is 50.3 Å². The number of anilines is 1. The number of amides is 2. The van der Waals surface area contributed by atoms with Gasteiger partial charge in [-0.25, -0.2) is 9.88 Å². The van der Waals surface area contributed by atoms with Crippen molar-refractivity contribution in [2.24, 2.45) is 11.8 Å². The first-order chi connectivity index (χ1) is 7.18. The van der Waals surface area contributed by atoms with Gasteiger partial charge < -0.3 is 0 Å². The average molecular weight is 267 g/mol. The summed E-state index contributed by atoms with van der Waals surface area (Å²) in [5, 5.41) is 0. The second kappa shape index (κ2) is 2.88. The summed E-state index contributed by atoms with van der Waals surface area (Å²) in [5.74, 6) is -0.236. The van der Waals surface area contributed by atoms with Crippen LogP contribution in [0.2, 0.25) is 0 Å². The third kappa shape index (κ3) is 1.23. The van der Waals surface area contributed by atoms with Crippen molar-refractivity contribution >= 4 is 33.4 Å². The fraction of sp³-hybridized carbons (Fsp3) is 0.300. The van der Waals surface area contributed by atoms with Crippen molar-refractivity contribution in [1.82, 2.24) is 4.98 Å². The Morgan fingerprint density at radius 2 is 2.00 bits per heavy atom. The Bertz CT molecular complexity index is 454. The van der Waals surface area contributed by atoms with Crippen molar-refractivity contribution in [3.63, 3.8) is 0 Å². The van der Waals surface area contributed by atoms with Crippen molar-refractivity contribution < 1.29 is 9.59 Å². The molecule has 2 heterocycles. The van der Waals surface area contributed by atoms with E-state index in [1.165, 1.54) is 4.90 Å². The van der Waals surface area contributed by atoms with E-state index in [9.17, 15) is 9.59 Å². The van der Waals surface area contributed by atoms with E-state index in [0.717, 1.165) is 6.42 Å². The van der Waals surface area contributed by atoms with E-state index in [1.807, 2.05) is 0 Å². The predicted molar refractivity (Wildman–Crippen MR) is 56.0 cm³/mol. The first-order valence-electron chi connectivity index (χ1n) is 4.68. The summed E-state index contributed by atoms with van der Waals surface area (Å²) in [6, 6.07) is 3.35. The Kier molecular flexibility index (Phi) is 1.74. The zero-order valence-corrected chi connectivity index (χ0v) is 9.27. The van der Waals surface area contributed by atoms with Crippen LogP contribution in [0, 0.1) is 11.8 Å². The second-order valence-corrected chi connectivity index (χ2v) is 4.61. The number of halogens is 1. The number of pyridine rings is 1. The molecule has 76 valence electrons. The number of nitrogens with zero attached hydrogens (tertiary/aromatic N) is 2. The van der Waals surface area contributed by atoms with Crippen LogP contribution in [0.4, 0.5) is 5.69 Å². The molecule has 1 saturated carbocycles. The molecule has 1 aliphatic carbocycles. The number of aromatic nitrogens is 1. The number of fused-ring (bicyclic) bond motifs is 1. The van der Waals surface area contributed by atoms with Gasteiger partial charge in [0.15, 0.2) is 0 Å². The van der Waals surface area contributed by atoms with Gasteiger partial charge in [0.05, 0.1) is 17.5 Å². The molecule has 1 saturated heterocycles. The number of rotatable bonds is 1. The molecule has 1 aromatic heterocycles. The standard InChI is InChI=1S/C10H7BrN2O2/c11-8-3-5(1-2-12-8)13-9(14)6-4-7(6)10(13)15/h1-3,6-7H,4H2. The van der Waals surface area contributed by atoms with E-state index < -0.39 is 0 Å². The highest BCUT2D eigenvalue weighted by molar-refractivity contribution is 9.10. The summed E-state index contributed by atoms with van der Waals surface area (Å²) in [6.07, 6.45) is 2.31. The van der Waals surface area contributed by atoms with Gasteiger partial charge in [0.1, 0.15) is 4.60 Å². The molecule has 1 aromatic rings. The van der Waals surface area contributed by atoms with E-state index in [4.69, 9.17) is 0 Å². The van der Waals surface area contributed by atoms with Crippen LogP contribution < -0.4 is 4.90 Å². The number of hydrogen-bond acceptors (Lipinski definition) is 3. The van der Waals surface area contributed by atoms with Gasteiger partial charge in [-0.1, -0.05) is 0 Å². The van der Waals surface area contributed by atoms with Crippen LogP contribution in [-0.4, -0.2) is 16.8 Å². The van der Waals surface area contributed by atoms with Crippen LogP contribution in [0.5, 0.6) is 0 Å². The lowest BCUT2D eigenvalue weighted by Gasteiger charge is -2.15. The Hall–Kier alpha value is -1.23. The minimum Gasteiger partial charge on any atom is -0.274 e. The lowest BCUT2D eigenvalue weighted by atomic mass is 10.3. The highest BCUT2D eigenvalue weighted by atomic mass is 79.9. The van der Waals surface area contributed by atoms with E-state index >= 15 is 0 Å². The van der Waals surface area contributed by atoms with E-state index in [0.29, 0.717) is 10.3 Å². The molecule has 2 unspecified atom stereocenters. The summed E-state index contributed by atoms with van der Waals surface area (Å²) < 4.78 is 0.626. The van der Waals surface area contributed by atoms with Crippen LogP contribution >= 0.6 is 15.9 Å². The monoisotopic (exact) mass is 266 g/mol. The maximum absolute atomic E-state index is 11.7. The largest absolute Gasteiger partial charge is 0.274 e. The Morgan fingerprint density at radius 3 is 2.60 bits per heavy atom. The molecule has 2 fully saturated rings. The molecule has 4 nitrogen and oxygen atoms in total. The SMILES string of the molecule is O=C1C2CC2C(=O)N1c1ccnc(Br)c1. The fourth-order valence-electron chi connectivity index (χ4n) is 1.97. The number of carbonyl (C=O) groups excluding carboxylic acids is 2. The minimum absolute atomic E-state index is 0.0514. The Balaban J connectivity index is 2.01. The zero-order valence-electron chi connectivity index (χ0n) is 7.68. The lowest BCUT2D eigenvalue weighted by molar-refractivity contribution is -0.123. The number of hydrogen-bond donors (Lipinski definition) is 0. The second-order valence-electron chi connectivity index (χ2n) is 3.80. The molecule has 15 heavy (non-hydrogen) atoms. The van der Waals surface area contributed by atoms with Crippen molar-refractivity contribution in [2.45, 2.75) is 6.42 Å². The Morgan fingerprint density at radius 1 is 1.33 bits per heavy atom. The van der Waals surface area contributed by atoms with Crippen LogP contribution in [0.25, 0.3) is 0 Å². The number of carbonyl (C=O) groups is 2. The normalized spacial score (nSPS) is 28.2. The van der Waals surface area contributed by atoms with Crippen LogP contribution in [0.15, 0.2) is 22.9 Å². The van der Waals surface area contributed by atoms with Gasteiger partial charge in [0, 0.05) is 6.20 Å². The van der Waals surface area contributed by atoms with Crippen LogP contribution in [0.1, 0.15) is 6.42 Å². The van der Waals surface area contributed by atoms with Gasteiger partial charge in [-0.15, -0.1) is 0 Å². The van der Waals surface area contributed by atoms with Gasteiger partial charge >= 0.3 is 0 Å². The molecular formula is C10H7BrN2O2. The van der Waals surface area contributed by atoms with Gasteiger partial charge in [0.25, 0.3) is 0 Å². The molecule has 0 spiro atoms. The summed E-state index contributed by atoms with van der Waals surface area (Å²) in [6.45, 7) is 0. The molecule has 0 radical (unpaired) electrons. The molecule has 0 N–H and O–H groups in total. The molecular weight excluding hydrogens is 260 g/mol. The van der Waals surface area contributed by atoms with Crippen LogP contribution in [0.3, 0.4) is 0 Å². The summed E-state index contributed by atoms with van der Waals surface area (Å²) in [7, 11) is 0. The van der Waals surface area contributed by atoms with E-state index in [2.05, 4.69) is 20.9 Å². The van der Waals surface area contributed by atoms with Gasteiger partial charge in [-0.05, 0) is 34.5 Å². The van der Waals surface area contributed by atoms with Gasteiger partial charge in [0.2, 0.25) is 11.8 Å². The number of piperidine rings is 1. The maximum Gasteiger partial charge on any atom is 0.237 e. The predicted octanol–water partition coefficient (Wildman–Crippen LogP) is 1.35. The zero-order chi connectivity index (χ0) is 10.6. The molecule has 1 aliphatic heterocycles. The van der Waals surface area contributed by atoms with Crippen molar-refractivity contribution in [1.29, 1.82) is 0 Å². The third-order valence-corrected chi connectivity index (χ3v) is 3.27. The summed E-state index contributed by atoms with van der Waals surface area (Å²) in [4.78, 5) is 28.7. The molecule has 0 aromatic carbocycles. The summed E-state index contributed by atoms with van der Waals surface area (Å²) in [5.41, 5.74) is 0.610. The van der Waals surface area contributed by atoms with Crippen LogP contribution in [-0.2, 0) is 9.59 Å². The van der Waals surface area contributed by atoms with Gasteiger partial charge in [-0.2, -0.15) is 0 Å². The summed E-state index contributed by atoms with van der Waals surface area (Å²) >= 11 is 3.22. The fourth-order valence-corrected chi connectivity index (χ4v) is 2.32. The molecule has 3 rings (SSSR count). The van der Waals surface area contributed by atoms with Crippen molar-refractivity contribution in [3.8, 4) is 0 Å². The maximum atomic E-state index is 11.7. The number of imide groups is 1. The quantitative estimate of drug-likeness (QED) is 0.570. The molecule has 2 aliphatic rings. The van der Waals surface area contributed by atoms with Crippen molar-refractivity contribution in [2.75, 3.05) is 4.90 Å². The highest BCUT2D eigenvalue weighted by Gasteiger charge is 2.59. The third-order valence-electron chi connectivity index (χ3n) is 2.83. The smallest absolute Gasteiger partial charge is 0.237 e. The van der Waals surface area contributed by atoms with Gasteiger partial charge in [-0.3, -0.25) is 9.59 Å². The van der Waals surface area contributed by atoms with E-state index in [-0.39, 0.29) is 23.7 Å². The first-order valence-corrected chi connectivity index (χ1v) is 5.47. The molecule has 2 atom stereocenters. The molecule has 5 heteroatoms. The van der Waals surface area contributed by atoms with E-state index in [1.54, 1.807) is 18.3 Å². The Labute approximate surface area is 94.4 Å². The average Bonchev–Trinajstić information content (AvgIpc) is 2.92. The lowest BCUT2D eigenvalue weighted by Crippen LogP contribution is -2.32.